The number of rotatable bonds is 1. The molecule has 0 aromatic rings. The first-order valence-corrected chi connectivity index (χ1v) is 5.18. The molecule has 1 aliphatic carbocycles. The molecule has 0 N–H and O–H groups in total. The van der Waals surface area contributed by atoms with Crippen molar-refractivity contribution in [1.29, 1.82) is 0 Å². The molecule has 74 valence electrons. The predicted octanol–water partition coefficient (Wildman–Crippen LogP) is 3.35. The molecule has 0 amide bonds. The van der Waals surface area contributed by atoms with Gasteiger partial charge in [-0.3, -0.25) is 4.79 Å². The van der Waals surface area contributed by atoms with Gasteiger partial charge in [0.05, 0.1) is 0 Å². The molecule has 1 fully saturated rings. The Hall–Kier alpha value is -0.590. The summed E-state index contributed by atoms with van der Waals surface area (Å²) in [5.41, 5.74) is 0.250. The molecule has 1 nitrogen and oxygen atoms in total. The first-order valence-electron chi connectivity index (χ1n) is 5.18. The van der Waals surface area contributed by atoms with Gasteiger partial charge in [-0.1, -0.05) is 32.9 Å². The quantitative estimate of drug-likeness (QED) is 0.565. The maximum atomic E-state index is 11.2. The number of hydrogen-bond acceptors (Lipinski definition) is 1. The third-order valence-electron chi connectivity index (χ3n) is 2.39. The number of hydrogen-bond donors (Lipinski definition) is 0. The highest BCUT2D eigenvalue weighted by molar-refractivity contribution is 5.79. The van der Waals surface area contributed by atoms with Crippen LogP contribution in [0.25, 0.3) is 0 Å². The van der Waals surface area contributed by atoms with Crippen LogP contribution in [-0.2, 0) is 4.79 Å². The van der Waals surface area contributed by atoms with Crippen LogP contribution in [0.2, 0.25) is 0 Å². The Morgan fingerprint density at radius 1 is 1.38 bits per heavy atom. The van der Waals surface area contributed by atoms with E-state index in [1.165, 1.54) is 6.42 Å². The van der Waals surface area contributed by atoms with Crippen LogP contribution in [0.15, 0.2) is 12.2 Å². The Morgan fingerprint density at radius 3 is 2.62 bits per heavy atom. The zero-order valence-corrected chi connectivity index (χ0v) is 8.97. The van der Waals surface area contributed by atoms with Gasteiger partial charge in [-0.2, -0.15) is 0 Å². The molecule has 0 radical (unpaired) electrons. The van der Waals surface area contributed by atoms with E-state index >= 15 is 0 Å². The number of carbonyl (C=O) groups is 1. The molecular weight excluding hydrogens is 160 g/mol. The Bertz CT molecular complexity index is 208. The summed E-state index contributed by atoms with van der Waals surface area (Å²) in [6.07, 6.45) is 8.32. The highest BCUT2D eigenvalue weighted by atomic mass is 16.1. The minimum Gasteiger partial charge on any atom is -0.300 e. The van der Waals surface area contributed by atoms with Gasteiger partial charge in [-0.25, -0.2) is 0 Å². The number of allylic oxidation sites excluding steroid dienone is 2. The molecular formula is C12H20O. The molecule has 0 heterocycles. The summed E-state index contributed by atoms with van der Waals surface area (Å²) in [4.78, 5) is 11.2. The van der Waals surface area contributed by atoms with Crippen molar-refractivity contribution in [3.05, 3.63) is 12.2 Å². The number of carbonyl (C=O) groups excluding carboxylic acids is 1. The van der Waals surface area contributed by atoms with Crippen LogP contribution in [0.5, 0.6) is 0 Å². The molecule has 1 atom stereocenters. The molecule has 0 bridgehead atoms. The normalized spacial score (nSPS) is 25.5. The van der Waals surface area contributed by atoms with E-state index in [1.807, 2.05) is 0 Å². The fraction of sp³-hybridized carbons (Fsp3) is 0.750. The Labute approximate surface area is 81.2 Å². The molecule has 13 heavy (non-hydrogen) atoms. The van der Waals surface area contributed by atoms with Crippen molar-refractivity contribution in [3.8, 4) is 0 Å². The summed E-state index contributed by atoms with van der Waals surface area (Å²) in [6, 6.07) is 0. The lowest BCUT2D eigenvalue weighted by Crippen LogP contribution is -2.13. The maximum Gasteiger partial charge on any atom is 0.133 e. The molecule has 1 heteroatoms. The summed E-state index contributed by atoms with van der Waals surface area (Å²) in [5, 5.41) is 0. The number of ketones is 1. The zero-order chi connectivity index (χ0) is 9.90. The fourth-order valence-electron chi connectivity index (χ4n) is 1.65. The van der Waals surface area contributed by atoms with Crippen molar-refractivity contribution in [2.75, 3.05) is 0 Å². The van der Waals surface area contributed by atoms with E-state index in [4.69, 9.17) is 0 Å². The van der Waals surface area contributed by atoms with Gasteiger partial charge in [-0.15, -0.1) is 0 Å². The third-order valence-corrected chi connectivity index (χ3v) is 2.39. The second kappa shape index (κ2) is 4.08. The van der Waals surface area contributed by atoms with Crippen LogP contribution in [0.3, 0.4) is 0 Å². The van der Waals surface area contributed by atoms with Crippen molar-refractivity contribution in [3.63, 3.8) is 0 Å². The first kappa shape index (κ1) is 10.5. The standard InChI is InChI=1S/C12H20O/c1-12(2,3)8-7-10-5-4-6-11(13)9-10/h7-8,10H,4-6,9H2,1-3H3/b8-7+/t10-/m1/s1. The van der Waals surface area contributed by atoms with Crippen LogP contribution in [0.1, 0.15) is 46.5 Å². The van der Waals surface area contributed by atoms with Crippen molar-refractivity contribution >= 4 is 5.78 Å². The lowest BCUT2D eigenvalue weighted by atomic mass is 9.86. The molecule has 0 aromatic carbocycles. The molecule has 1 rings (SSSR count). The van der Waals surface area contributed by atoms with Crippen molar-refractivity contribution in [2.45, 2.75) is 46.5 Å². The van der Waals surface area contributed by atoms with Gasteiger partial charge in [0.15, 0.2) is 0 Å². The molecule has 0 aliphatic heterocycles. The summed E-state index contributed by atoms with van der Waals surface area (Å²) >= 11 is 0. The van der Waals surface area contributed by atoms with Gasteiger partial charge >= 0.3 is 0 Å². The largest absolute Gasteiger partial charge is 0.300 e. The highest BCUT2D eigenvalue weighted by Gasteiger charge is 2.17. The predicted molar refractivity (Wildman–Crippen MR) is 55.6 cm³/mol. The Balaban J connectivity index is 2.44. The lowest BCUT2D eigenvalue weighted by Gasteiger charge is -2.19. The smallest absolute Gasteiger partial charge is 0.133 e. The van der Waals surface area contributed by atoms with Crippen LogP contribution in [-0.4, -0.2) is 5.78 Å². The van der Waals surface area contributed by atoms with Crippen molar-refractivity contribution in [2.24, 2.45) is 11.3 Å². The van der Waals surface area contributed by atoms with E-state index in [0.29, 0.717) is 11.7 Å². The van der Waals surface area contributed by atoms with Gasteiger partial charge in [0.2, 0.25) is 0 Å². The average Bonchev–Trinajstić information content (AvgIpc) is 2.00. The summed E-state index contributed by atoms with van der Waals surface area (Å²) in [6.45, 7) is 6.57. The van der Waals surface area contributed by atoms with Gasteiger partial charge in [0.25, 0.3) is 0 Å². The lowest BCUT2D eigenvalue weighted by molar-refractivity contribution is -0.121. The number of Topliss-reactive ketones (excluding diaryl/α,β-unsaturated/α-hetero) is 1. The monoisotopic (exact) mass is 180 g/mol. The van der Waals surface area contributed by atoms with Gasteiger partial charge < -0.3 is 0 Å². The maximum absolute atomic E-state index is 11.2. The van der Waals surface area contributed by atoms with Gasteiger partial charge in [0, 0.05) is 12.8 Å². The summed E-state index contributed by atoms with van der Waals surface area (Å²) < 4.78 is 0. The zero-order valence-electron chi connectivity index (χ0n) is 8.97. The van der Waals surface area contributed by atoms with Crippen LogP contribution >= 0.6 is 0 Å². The molecule has 0 saturated heterocycles. The molecule has 0 spiro atoms. The van der Waals surface area contributed by atoms with E-state index in [-0.39, 0.29) is 5.41 Å². The minimum atomic E-state index is 0.250. The second-order valence-corrected chi connectivity index (χ2v) is 5.12. The fourth-order valence-corrected chi connectivity index (χ4v) is 1.65. The van der Waals surface area contributed by atoms with E-state index in [2.05, 4.69) is 32.9 Å². The van der Waals surface area contributed by atoms with E-state index < -0.39 is 0 Å². The van der Waals surface area contributed by atoms with Gasteiger partial charge in [-0.05, 0) is 24.2 Å². The van der Waals surface area contributed by atoms with E-state index in [1.54, 1.807) is 0 Å². The Kier molecular flexibility index (Phi) is 3.29. The first-order chi connectivity index (χ1) is 5.97. The molecule has 0 unspecified atom stereocenters. The van der Waals surface area contributed by atoms with Gasteiger partial charge in [0.1, 0.15) is 5.78 Å². The minimum absolute atomic E-state index is 0.250. The highest BCUT2D eigenvalue weighted by Crippen LogP contribution is 2.24. The third kappa shape index (κ3) is 4.25. The van der Waals surface area contributed by atoms with Crippen LogP contribution < -0.4 is 0 Å². The van der Waals surface area contributed by atoms with Crippen molar-refractivity contribution < 1.29 is 4.79 Å². The van der Waals surface area contributed by atoms with Crippen molar-refractivity contribution in [1.82, 2.24) is 0 Å². The Morgan fingerprint density at radius 2 is 2.08 bits per heavy atom. The van der Waals surface area contributed by atoms with E-state index in [0.717, 1.165) is 19.3 Å². The average molecular weight is 180 g/mol. The van der Waals surface area contributed by atoms with Crippen LogP contribution in [0.4, 0.5) is 0 Å². The van der Waals surface area contributed by atoms with E-state index in [9.17, 15) is 4.79 Å². The van der Waals surface area contributed by atoms with Crippen LogP contribution in [0, 0.1) is 11.3 Å². The molecule has 1 saturated carbocycles. The molecule has 0 aromatic heterocycles. The SMILES string of the molecule is CC(C)(C)/C=C/[C@H]1CCCC(=O)C1. The summed E-state index contributed by atoms with van der Waals surface area (Å²) in [5.74, 6) is 0.954. The second-order valence-electron chi connectivity index (χ2n) is 5.12. The topological polar surface area (TPSA) is 17.1 Å². The molecule has 1 aliphatic rings. The summed E-state index contributed by atoms with van der Waals surface area (Å²) in [7, 11) is 0.